The Balaban J connectivity index is 1.45. The molecule has 3 rings (SSSR count). The Morgan fingerprint density at radius 1 is 1.35 bits per heavy atom. The summed E-state index contributed by atoms with van der Waals surface area (Å²) in [6.07, 6.45) is 10.0. The standard InChI is InChI=1S/C17H28N4O2/c1-2-23-13-15-11-21(19-18-15)16-9-10-20(12-16)17(22)8-7-14-5-3-4-6-14/h11,14,16H,2-10,12-13H2,1H3. The van der Waals surface area contributed by atoms with Crippen LogP contribution in [-0.4, -0.2) is 45.5 Å². The van der Waals surface area contributed by atoms with Crippen molar-refractivity contribution in [3.8, 4) is 0 Å². The summed E-state index contributed by atoms with van der Waals surface area (Å²) in [5.41, 5.74) is 0.859. The van der Waals surface area contributed by atoms with Crippen LogP contribution in [0.1, 0.15) is 63.6 Å². The summed E-state index contributed by atoms with van der Waals surface area (Å²) >= 11 is 0. The minimum absolute atomic E-state index is 0.258. The van der Waals surface area contributed by atoms with Gasteiger partial charge in [0.1, 0.15) is 5.69 Å². The van der Waals surface area contributed by atoms with Crippen LogP contribution in [0.2, 0.25) is 0 Å². The van der Waals surface area contributed by atoms with Gasteiger partial charge in [-0.3, -0.25) is 4.79 Å². The molecule has 1 amide bonds. The summed E-state index contributed by atoms with van der Waals surface area (Å²) in [6.45, 7) is 4.76. The fraction of sp³-hybridized carbons (Fsp3) is 0.824. The van der Waals surface area contributed by atoms with E-state index < -0.39 is 0 Å². The fourth-order valence-electron chi connectivity index (χ4n) is 3.73. The summed E-state index contributed by atoms with van der Waals surface area (Å²) in [7, 11) is 0. The van der Waals surface area contributed by atoms with E-state index in [1.165, 1.54) is 25.7 Å². The highest BCUT2D eigenvalue weighted by Crippen LogP contribution is 2.29. The number of hydrogen-bond acceptors (Lipinski definition) is 4. The monoisotopic (exact) mass is 320 g/mol. The van der Waals surface area contributed by atoms with Crippen LogP contribution >= 0.6 is 0 Å². The van der Waals surface area contributed by atoms with E-state index in [-0.39, 0.29) is 6.04 Å². The van der Waals surface area contributed by atoms with Gasteiger partial charge in [-0.25, -0.2) is 4.68 Å². The first-order chi connectivity index (χ1) is 11.3. The average Bonchev–Trinajstić information content (AvgIpc) is 3.31. The Morgan fingerprint density at radius 2 is 2.17 bits per heavy atom. The Morgan fingerprint density at radius 3 is 2.96 bits per heavy atom. The predicted octanol–water partition coefficient (Wildman–Crippen LogP) is 2.56. The van der Waals surface area contributed by atoms with Crippen molar-refractivity contribution in [1.82, 2.24) is 19.9 Å². The second-order valence-corrected chi connectivity index (χ2v) is 6.80. The fourth-order valence-corrected chi connectivity index (χ4v) is 3.73. The third kappa shape index (κ3) is 4.31. The molecular formula is C17H28N4O2. The maximum atomic E-state index is 12.4. The normalized spacial score (nSPS) is 22.1. The summed E-state index contributed by atoms with van der Waals surface area (Å²) < 4.78 is 7.26. The van der Waals surface area contributed by atoms with Gasteiger partial charge in [0.15, 0.2) is 0 Å². The van der Waals surface area contributed by atoms with Crippen LogP contribution < -0.4 is 0 Å². The molecule has 1 saturated carbocycles. The van der Waals surface area contributed by atoms with Crippen molar-refractivity contribution in [2.75, 3.05) is 19.7 Å². The van der Waals surface area contributed by atoms with Gasteiger partial charge in [-0.2, -0.15) is 0 Å². The van der Waals surface area contributed by atoms with Gasteiger partial charge in [0.05, 0.1) is 18.8 Å². The molecule has 1 aliphatic carbocycles. The summed E-state index contributed by atoms with van der Waals surface area (Å²) in [5, 5.41) is 8.34. The Kier molecular flexibility index (Phi) is 5.65. The third-order valence-corrected chi connectivity index (χ3v) is 5.14. The van der Waals surface area contributed by atoms with E-state index in [1.54, 1.807) is 0 Å². The van der Waals surface area contributed by atoms with Gasteiger partial charge in [-0.05, 0) is 25.7 Å². The molecule has 2 fully saturated rings. The van der Waals surface area contributed by atoms with Crippen molar-refractivity contribution in [1.29, 1.82) is 0 Å². The quantitative estimate of drug-likeness (QED) is 0.774. The van der Waals surface area contributed by atoms with Crippen LogP contribution in [0.3, 0.4) is 0 Å². The van der Waals surface area contributed by atoms with Gasteiger partial charge in [-0.1, -0.05) is 30.9 Å². The lowest BCUT2D eigenvalue weighted by atomic mass is 10.0. The lowest BCUT2D eigenvalue weighted by molar-refractivity contribution is -0.130. The summed E-state index contributed by atoms with van der Waals surface area (Å²) in [5.74, 6) is 1.10. The number of aromatic nitrogens is 3. The molecule has 6 nitrogen and oxygen atoms in total. The smallest absolute Gasteiger partial charge is 0.222 e. The number of amides is 1. The zero-order valence-electron chi connectivity index (χ0n) is 14.1. The van der Waals surface area contributed by atoms with E-state index in [4.69, 9.17) is 4.74 Å². The predicted molar refractivity (Wildman–Crippen MR) is 86.8 cm³/mol. The van der Waals surface area contributed by atoms with Gasteiger partial charge < -0.3 is 9.64 Å². The van der Waals surface area contributed by atoms with E-state index in [2.05, 4.69) is 10.3 Å². The lowest BCUT2D eigenvalue weighted by Gasteiger charge is -2.17. The Bertz CT molecular complexity index is 510. The van der Waals surface area contributed by atoms with Crippen LogP contribution in [0.4, 0.5) is 0 Å². The van der Waals surface area contributed by atoms with Crippen LogP contribution in [0.25, 0.3) is 0 Å². The van der Waals surface area contributed by atoms with Crippen LogP contribution in [0.15, 0.2) is 6.20 Å². The highest BCUT2D eigenvalue weighted by molar-refractivity contribution is 5.76. The van der Waals surface area contributed by atoms with Crippen molar-refractivity contribution in [3.05, 3.63) is 11.9 Å². The molecule has 2 heterocycles. The number of nitrogens with zero attached hydrogens (tertiary/aromatic N) is 4. The van der Waals surface area contributed by atoms with Crippen LogP contribution in [-0.2, 0) is 16.1 Å². The van der Waals surface area contributed by atoms with Gasteiger partial charge in [0.25, 0.3) is 0 Å². The molecule has 2 aliphatic rings. The number of likely N-dealkylation sites (tertiary alicyclic amines) is 1. The Hall–Kier alpha value is -1.43. The van der Waals surface area contributed by atoms with Crippen molar-refractivity contribution >= 4 is 5.91 Å². The maximum absolute atomic E-state index is 12.4. The topological polar surface area (TPSA) is 60.2 Å². The largest absolute Gasteiger partial charge is 0.375 e. The first-order valence-electron chi connectivity index (χ1n) is 9.02. The molecule has 128 valence electrons. The van der Waals surface area contributed by atoms with Crippen molar-refractivity contribution in [3.63, 3.8) is 0 Å². The molecule has 0 radical (unpaired) electrons. The number of carbonyl (C=O) groups is 1. The second-order valence-electron chi connectivity index (χ2n) is 6.80. The Labute approximate surface area is 138 Å². The molecule has 1 unspecified atom stereocenters. The molecule has 1 saturated heterocycles. The first-order valence-corrected chi connectivity index (χ1v) is 9.02. The number of carbonyl (C=O) groups excluding carboxylic acids is 1. The highest BCUT2D eigenvalue weighted by atomic mass is 16.5. The first kappa shape index (κ1) is 16.4. The van der Waals surface area contributed by atoms with E-state index in [0.29, 0.717) is 25.5 Å². The molecule has 0 aromatic carbocycles. The zero-order chi connectivity index (χ0) is 16.1. The minimum atomic E-state index is 0.258. The maximum Gasteiger partial charge on any atom is 0.222 e. The van der Waals surface area contributed by atoms with E-state index in [9.17, 15) is 4.79 Å². The van der Waals surface area contributed by atoms with Gasteiger partial charge in [0.2, 0.25) is 5.91 Å². The zero-order valence-corrected chi connectivity index (χ0v) is 14.1. The molecule has 0 N–H and O–H groups in total. The molecule has 0 bridgehead atoms. The number of rotatable bonds is 7. The molecule has 23 heavy (non-hydrogen) atoms. The average molecular weight is 320 g/mol. The van der Waals surface area contributed by atoms with Gasteiger partial charge >= 0.3 is 0 Å². The van der Waals surface area contributed by atoms with Crippen LogP contribution in [0, 0.1) is 5.92 Å². The van der Waals surface area contributed by atoms with Gasteiger partial charge in [0, 0.05) is 26.1 Å². The third-order valence-electron chi connectivity index (χ3n) is 5.14. The van der Waals surface area contributed by atoms with E-state index >= 15 is 0 Å². The van der Waals surface area contributed by atoms with E-state index in [1.807, 2.05) is 22.7 Å². The lowest BCUT2D eigenvalue weighted by Crippen LogP contribution is -2.29. The highest BCUT2D eigenvalue weighted by Gasteiger charge is 2.28. The van der Waals surface area contributed by atoms with Crippen molar-refractivity contribution < 1.29 is 9.53 Å². The van der Waals surface area contributed by atoms with Crippen molar-refractivity contribution in [2.24, 2.45) is 5.92 Å². The molecule has 0 spiro atoms. The minimum Gasteiger partial charge on any atom is -0.375 e. The summed E-state index contributed by atoms with van der Waals surface area (Å²) in [6, 6.07) is 0.258. The molecule has 1 aliphatic heterocycles. The molecular weight excluding hydrogens is 292 g/mol. The van der Waals surface area contributed by atoms with Crippen LogP contribution in [0.5, 0.6) is 0 Å². The molecule has 6 heteroatoms. The van der Waals surface area contributed by atoms with Crippen molar-refractivity contribution in [2.45, 2.75) is 64.5 Å². The second kappa shape index (κ2) is 7.90. The van der Waals surface area contributed by atoms with Gasteiger partial charge in [-0.15, -0.1) is 5.10 Å². The number of ether oxygens (including phenoxy) is 1. The number of hydrogen-bond donors (Lipinski definition) is 0. The molecule has 1 aromatic rings. The summed E-state index contributed by atoms with van der Waals surface area (Å²) in [4.78, 5) is 14.4. The molecule has 1 atom stereocenters. The SMILES string of the molecule is CCOCc1cn(C2CCN(C(=O)CCC3CCCC3)C2)nn1. The molecule has 1 aromatic heterocycles. The van der Waals surface area contributed by atoms with E-state index in [0.717, 1.165) is 37.5 Å².